The number of halogens is 2. The first-order valence-electron chi connectivity index (χ1n) is 8.89. The predicted molar refractivity (Wildman–Crippen MR) is 103 cm³/mol. The van der Waals surface area contributed by atoms with Crippen LogP contribution >= 0.6 is 0 Å². The molecule has 1 amide bonds. The number of carbonyl (C=O) groups excluding carboxylic acids is 2. The highest BCUT2D eigenvalue weighted by Crippen LogP contribution is 2.15. The summed E-state index contributed by atoms with van der Waals surface area (Å²) in [7, 11) is 0. The molecule has 30 heavy (non-hydrogen) atoms. The zero-order chi connectivity index (χ0) is 21.7. The summed E-state index contributed by atoms with van der Waals surface area (Å²) in [6.45, 7) is -0.992. The lowest BCUT2D eigenvalue weighted by molar-refractivity contribution is -0.146. The molecule has 0 aliphatic carbocycles. The number of aromatic nitrogens is 2. The van der Waals surface area contributed by atoms with Crippen LogP contribution in [0.25, 0.3) is 10.8 Å². The quantitative estimate of drug-likeness (QED) is 0.562. The molecule has 1 aromatic heterocycles. The van der Waals surface area contributed by atoms with Gasteiger partial charge in [-0.1, -0.05) is 18.2 Å². The number of nitrogens with zero attached hydrogens (tertiary/aromatic N) is 2. The fraction of sp³-hybridized carbons (Fsp3) is 0.200. The molecule has 0 unspecified atom stereocenters. The van der Waals surface area contributed by atoms with Gasteiger partial charge in [0.05, 0.1) is 30.7 Å². The number of esters is 1. The summed E-state index contributed by atoms with van der Waals surface area (Å²) >= 11 is 0. The molecule has 2 aromatic carbocycles. The molecule has 1 heterocycles. The Morgan fingerprint density at radius 1 is 1.10 bits per heavy atom. The Hall–Kier alpha value is -3.66. The number of rotatable bonds is 7. The minimum absolute atomic E-state index is 0.0127. The topological polar surface area (TPSA) is 111 Å². The number of carbonyl (C=O) groups is 2. The third-order valence-corrected chi connectivity index (χ3v) is 4.14. The minimum Gasteiger partial charge on any atom is -0.455 e. The second-order valence-electron chi connectivity index (χ2n) is 6.26. The summed E-state index contributed by atoms with van der Waals surface area (Å²) in [5.74, 6) is -3.69. The van der Waals surface area contributed by atoms with Crippen molar-refractivity contribution in [2.75, 3.05) is 18.5 Å². The molecule has 0 saturated carbocycles. The van der Waals surface area contributed by atoms with Gasteiger partial charge in [0.2, 0.25) is 0 Å². The van der Waals surface area contributed by atoms with Gasteiger partial charge in [-0.15, -0.1) is 0 Å². The highest BCUT2D eigenvalue weighted by atomic mass is 19.2. The van der Waals surface area contributed by atoms with E-state index in [4.69, 9.17) is 9.84 Å². The highest BCUT2D eigenvalue weighted by molar-refractivity contribution is 5.93. The van der Waals surface area contributed by atoms with Crippen molar-refractivity contribution in [1.82, 2.24) is 9.78 Å². The molecule has 3 aromatic rings. The molecule has 3 rings (SSSR count). The van der Waals surface area contributed by atoms with Crippen LogP contribution in [0.3, 0.4) is 0 Å². The van der Waals surface area contributed by atoms with Crippen molar-refractivity contribution in [3.63, 3.8) is 0 Å². The Bertz CT molecular complexity index is 1160. The van der Waals surface area contributed by atoms with E-state index in [0.717, 1.165) is 16.8 Å². The largest absolute Gasteiger partial charge is 0.455 e. The van der Waals surface area contributed by atoms with E-state index in [1.165, 1.54) is 6.07 Å². The van der Waals surface area contributed by atoms with E-state index >= 15 is 0 Å². The van der Waals surface area contributed by atoms with Crippen LogP contribution in [-0.4, -0.2) is 40.0 Å². The van der Waals surface area contributed by atoms with Crippen molar-refractivity contribution in [3.05, 3.63) is 70.1 Å². The number of nitrogens with one attached hydrogen (secondary N) is 1. The molecule has 0 radical (unpaired) electrons. The van der Waals surface area contributed by atoms with Crippen LogP contribution in [0.15, 0.2) is 47.3 Å². The third-order valence-electron chi connectivity index (χ3n) is 4.14. The summed E-state index contributed by atoms with van der Waals surface area (Å²) in [5, 5.41) is 16.3. The molecule has 0 spiro atoms. The number of hydrogen-bond acceptors (Lipinski definition) is 6. The van der Waals surface area contributed by atoms with Crippen molar-refractivity contribution in [3.8, 4) is 0 Å². The Labute approximate surface area is 168 Å². The van der Waals surface area contributed by atoms with E-state index in [2.05, 4.69) is 10.4 Å². The first kappa shape index (κ1) is 21.1. The van der Waals surface area contributed by atoms with Gasteiger partial charge in [0.25, 0.3) is 11.5 Å². The number of ether oxygens (including phenoxy) is 1. The van der Waals surface area contributed by atoms with Crippen LogP contribution in [0.2, 0.25) is 0 Å². The first-order valence-corrected chi connectivity index (χ1v) is 8.89. The molecule has 0 aliphatic rings. The Morgan fingerprint density at radius 3 is 2.53 bits per heavy atom. The minimum atomic E-state index is -1.12. The van der Waals surface area contributed by atoms with Crippen molar-refractivity contribution < 1.29 is 28.2 Å². The smallest absolute Gasteiger partial charge is 0.312 e. The number of anilines is 1. The zero-order valence-corrected chi connectivity index (χ0v) is 15.6. The molecule has 0 atom stereocenters. The lowest BCUT2D eigenvalue weighted by Gasteiger charge is -2.10. The Balaban J connectivity index is 1.68. The van der Waals surface area contributed by atoms with E-state index in [9.17, 15) is 23.2 Å². The van der Waals surface area contributed by atoms with E-state index in [1.807, 2.05) is 0 Å². The maximum absolute atomic E-state index is 13.2. The van der Waals surface area contributed by atoms with Crippen LogP contribution in [0.5, 0.6) is 0 Å². The lowest BCUT2D eigenvalue weighted by atomic mass is 10.1. The van der Waals surface area contributed by atoms with Crippen LogP contribution in [0.1, 0.15) is 5.69 Å². The highest BCUT2D eigenvalue weighted by Gasteiger charge is 2.15. The molecule has 8 nitrogen and oxygen atoms in total. The van der Waals surface area contributed by atoms with Gasteiger partial charge in [-0.3, -0.25) is 14.4 Å². The standard InChI is InChI=1S/C20H17F2N3O5/c21-15-6-5-12(9-16(15)22)23-18(27)11-30-19(28)10-17-13-3-1-2-4-14(13)20(29)25(24-17)7-8-26/h1-6,9,26H,7-8,10-11H2,(H,23,27). The average molecular weight is 417 g/mol. The lowest BCUT2D eigenvalue weighted by Crippen LogP contribution is -2.27. The summed E-state index contributed by atoms with van der Waals surface area (Å²) in [4.78, 5) is 36.4. The van der Waals surface area contributed by atoms with Gasteiger partial charge in [-0.25, -0.2) is 13.5 Å². The van der Waals surface area contributed by atoms with Crippen molar-refractivity contribution in [1.29, 1.82) is 0 Å². The molecule has 2 N–H and O–H groups in total. The van der Waals surface area contributed by atoms with Gasteiger partial charge < -0.3 is 15.2 Å². The SMILES string of the molecule is O=C(COC(=O)Cc1nn(CCO)c(=O)c2ccccc12)Nc1ccc(F)c(F)c1. The number of aliphatic hydroxyl groups excluding tert-OH is 1. The second kappa shape index (κ2) is 9.23. The Morgan fingerprint density at radius 2 is 1.83 bits per heavy atom. The van der Waals surface area contributed by atoms with Crippen molar-refractivity contribution in [2.24, 2.45) is 0 Å². The Kier molecular flexibility index (Phi) is 6.48. The first-order chi connectivity index (χ1) is 14.4. The summed E-state index contributed by atoms with van der Waals surface area (Å²) < 4.78 is 32.1. The van der Waals surface area contributed by atoms with Crippen LogP contribution in [-0.2, 0) is 27.3 Å². The van der Waals surface area contributed by atoms with Crippen LogP contribution in [0.4, 0.5) is 14.5 Å². The molecule has 0 bridgehead atoms. The molecular formula is C20H17F2N3O5. The van der Waals surface area contributed by atoms with Gasteiger partial charge in [0.1, 0.15) is 0 Å². The van der Waals surface area contributed by atoms with Gasteiger partial charge in [0, 0.05) is 17.1 Å². The maximum Gasteiger partial charge on any atom is 0.312 e. The summed E-state index contributed by atoms with van der Waals surface area (Å²) in [5.41, 5.74) is -0.133. The normalized spacial score (nSPS) is 10.8. The van der Waals surface area contributed by atoms with Gasteiger partial charge in [-0.05, 0) is 18.2 Å². The number of benzene rings is 2. The van der Waals surface area contributed by atoms with Crippen LogP contribution < -0.4 is 10.9 Å². The van der Waals surface area contributed by atoms with Gasteiger partial charge >= 0.3 is 5.97 Å². The van der Waals surface area contributed by atoms with Crippen LogP contribution in [0, 0.1) is 11.6 Å². The number of aliphatic hydroxyl groups is 1. The number of amides is 1. The van der Waals surface area contributed by atoms with Gasteiger partial charge in [-0.2, -0.15) is 5.10 Å². The second-order valence-corrected chi connectivity index (χ2v) is 6.26. The third kappa shape index (κ3) is 4.84. The van der Waals surface area contributed by atoms with Crippen molar-refractivity contribution >= 4 is 28.3 Å². The number of fused-ring (bicyclic) bond motifs is 1. The monoisotopic (exact) mass is 417 g/mol. The molecule has 10 heteroatoms. The molecule has 0 aliphatic heterocycles. The van der Waals surface area contributed by atoms with Gasteiger partial charge in [0.15, 0.2) is 18.2 Å². The predicted octanol–water partition coefficient (Wildman–Crippen LogP) is 1.39. The molecular weight excluding hydrogens is 400 g/mol. The molecule has 0 fully saturated rings. The number of hydrogen-bond donors (Lipinski definition) is 2. The fourth-order valence-corrected chi connectivity index (χ4v) is 2.79. The molecule has 156 valence electrons. The summed E-state index contributed by atoms with van der Waals surface area (Å²) in [6.07, 6.45) is -0.315. The average Bonchev–Trinajstić information content (AvgIpc) is 2.73. The van der Waals surface area contributed by atoms with E-state index in [0.29, 0.717) is 10.8 Å². The van der Waals surface area contributed by atoms with E-state index < -0.39 is 35.7 Å². The summed E-state index contributed by atoms with van der Waals surface area (Å²) in [6, 6.07) is 9.38. The van der Waals surface area contributed by atoms with E-state index in [-0.39, 0.29) is 31.0 Å². The maximum atomic E-state index is 13.2. The zero-order valence-electron chi connectivity index (χ0n) is 15.6. The molecule has 0 saturated heterocycles. The van der Waals surface area contributed by atoms with Crippen molar-refractivity contribution in [2.45, 2.75) is 13.0 Å². The fourth-order valence-electron chi connectivity index (χ4n) is 2.79. The van der Waals surface area contributed by atoms with E-state index in [1.54, 1.807) is 24.3 Å².